The molecule has 0 radical (unpaired) electrons. The Labute approximate surface area is 150 Å². The van der Waals surface area contributed by atoms with E-state index in [1.165, 1.54) is 0 Å². The molecule has 0 bridgehead atoms. The molecular formula is C19H18N6O. The SMILES string of the molecule is O=C(Nc1cc(C2CC2)nn1-c1ncccn1)[C@@H]1C[C@@H]1c1cccnc1. The molecule has 1 amide bonds. The third-order valence-corrected chi connectivity index (χ3v) is 4.96. The molecule has 5 rings (SSSR count). The van der Waals surface area contributed by atoms with E-state index in [0.29, 0.717) is 17.7 Å². The van der Waals surface area contributed by atoms with E-state index in [1.807, 2.05) is 24.4 Å². The summed E-state index contributed by atoms with van der Waals surface area (Å²) in [5.41, 5.74) is 2.11. The van der Waals surface area contributed by atoms with Crippen molar-refractivity contribution in [3.63, 3.8) is 0 Å². The molecule has 2 fully saturated rings. The van der Waals surface area contributed by atoms with Crippen molar-refractivity contribution in [1.82, 2.24) is 24.7 Å². The van der Waals surface area contributed by atoms with E-state index in [4.69, 9.17) is 0 Å². The quantitative estimate of drug-likeness (QED) is 0.768. The number of amides is 1. The second kappa shape index (κ2) is 6.01. The number of nitrogens with one attached hydrogen (secondary N) is 1. The number of pyridine rings is 1. The Morgan fingerprint density at radius 2 is 2.00 bits per heavy atom. The Balaban J connectivity index is 1.38. The summed E-state index contributed by atoms with van der Waals surface area (Å²) in [7, 11) is 0. The molecule has 0 aliphatic heterocycles. The van der Waals surface area contributed by atoms with Gasteiger partial charge in [0.2, 0.25) is 5.91 Å². The summed E-state index contributed by atoms with van der Waals surface area (Å²) in [6.45, 7) is 0. The first-order valence-corrected chi connectivity index (χ1v) is 8.88. The summed E-state index contributed by atoms with van der Waals surface area (Å²) < 4.78 is 1.63. The first-order chi connectivity index (χ1) is 12.8. The van der Waals surface area contributed by atoms with Gasteiger partial charge in [0.25, 0.3) is 5.95 Å². The first kappa shape index (κ1) is 15.2. The molecule has 3 aromatic rings. The van der Waals surface area contributed by atoms with Crippen LogP contribution in [0.3, 0.4) is 0 Å². The van der Waals surface area contributed by atoms with E-state index < -0.39 is 0 Å². The van der Waals surface area contributed by atoms with Gasteiger partial charge in [0.15, 0.2) is 0 Å². The molecule has 0 saturated heterocycles. The zero-order valence-corrected chi connectivity index (χ0v) is 14.1. The number of hydrogen-bond acceptors (Lipinski definition) is 5. The average Bonchev–Trinajstić information content (AvgIpc) is 3.60. The Bertz CT molecular complexity index is 935. The molecule has 2 atom stereocenters. The molecule has 0 aromatic carbocycles. The smallest absolute Gasteiger partial charge is 0.252 e. The maximum Gasteiger partial charge on any atom is 0.252 e. The van der Waals surface area contributed by atoms with Crippen molar-refractivity contribution >= 4 is 11.7 Å². The Morgan fingerprint density at radius 1 is 1.15 bits per heavy atom. The number of rotatable bonds is 5. The van der Waals surface area contributed by atoms with Crippen LogP contribution in [0.5, 0.6) is 0 Å². The van der Waals surface area contributed by atoms with Gasteiger partial charge in [-0.25, -0.2) is 9.97 Å². The van der Waals surface area contributed by atoms with Gasteiger partial charge in [0.05, 0.1) is 5.69 Å². The number of carbonyl (C=O) groups excluding carboxylic acids is 1. The van der Waals surface area contributed by atoms with Crippen LogP contribution in [0.4, 0.5) is 5.82 Å². The second-order valence-electron chi connectivity index (χ2n) is 6.91. The minimum Gasteiger partial charge on any atom is -0.310 e. The van der Waals surface area contributed by atoms with Gasteiger partial charge in [-0.1, -0.05) is 6.07 Å². The van der Waals surface area contributed by atoms with Crippen molar-refractivity contribution in [3.8, 4) is 5.95 Å². The zero-order chi connectivity index (χ0) is 17.5. The molecule has 26 heavy (non-hydrogen) atoms. The van der Waals surface area contributed by atoms with E-state index >= 15 is 0 Å². The topological polar surface area (TPSA) is 85.6 Å². The predicted molar refractivity (Wildman–Crippen MR) is 94.8 cm³/mol. The maximum absolute atomic E-state index is 12.7. The lowest BCUT2D eigenvalue weighted by atomic mass is 10.1. The molecule has 2 aliphatic carbocycles. The van der Waals surface area contributed by atoms with Crippen molar-refractivity contribution in [2.24, 2.45) is 5.92 Å². The average molecular weight is 346 g/mol. The van der Waals surface area contributed by atoms with Crippen molar-refractivity contribution in [3.05, 3.63) is 60.3 Å². The molecule has 2 saturated carbocycles. The highest BCUT2D eigenvalue weighted by atomic mass is 16.2. The van der Waals surface area contributed by atoms with E-state index in [9.17, 15) is 4.79 Å². The molecular weight excluding hydrogens is 328 g/mol. The summed E-state index contributed by atoms with van der Waals surface area (Å²) in [6, 6.07) is 7.65. The van der Waals surface area contributed by atoms with Crippen LogP contribution in [0.2, 0.25) is 0 Å². The minimum absolute atomic E-state index is 0.0123. The lowest BCUT2D eigenvalue weighted by molar-refractivity contribution is -0.117. The maximum atomic E-state index is 12.7. The Kier molecular flexibility index (Phi) is 3.51. The third kappa shape index (κ3) is 2.85. The fourth-order valence-electron chi connectivity index (χ4n) is 3.29. The van der Waals surface area contributed by atoms with Crippen LogP contribution < -0.4 is 5.32 Å². The molecule has 0 spiro atoms. The van der Waals surface area contributed by atoms with Gasteiger partial charge >= 0.3 is 0 Å². The van der Waals surface area contributed by atoms with Gasteiger partial charge in [-0.05, 0) is 42.9 Å². The lowest BCUT2D eigenvalue weighted by Gasteiger charge is -2.07. The molecule has 2 aliphatic rings. The summed E-state index contributed by atoms with van der Waals surface area (Å²) in [5.74, 6) is 1.83. The van der Waals surface area contributed by atoms with Crippen molar-refractivity contribution in [1.29, 1.82) is 0 Å². The van der Waals surface area contributed by atoms with E-state index in [2.05, 4.69) is 25.4 Å². The summed E-state index contributed by atoms with van der Waals surface area (Å²) in [5, 5.41) is 7.65. The van der Waals surface area contributed by atoms with Crippen molar-refractivity contribution in [2.45, 2.75) is 31.1 Å². The van der Waals surface area contributed by atoms with Crippen LogP contribution in [0, 0.1) is 5.92 Å². The molecule has 3 heterocycles. The van der Waals surface area contributed by atoms with Gasteiger partial charge < -0.3 is 5.32 Å². The van der Waals surface area contributed by atoms with Gasteiger partial charge in [-0.15, -0.1) is 0 Å². The Morgan fingerprint density at radius 3 is 2.73 bits per heavy atom. The van der Waals surface area contributed by atoms with Crippen LogP contribution >= 0.6 is 0 Å². The van der Waals surface area contributed by atoms with Crippen LogP contribution in [0.25, 0.3) is 5.95 Å². The third-order valence-electron chi connectivity index (χ3n) is 4.96. The Hall–Kier alpha value is -3.09. The van der Waals surface area contributed by atoms with Crippen LogP contribution in [0.1, 0.15) is 42.4 Å². The molecule has 3 aromatic heterocycles. The fraction of sp³-hybridized carbons (Fsp3) is 0.316. The number of carbonyl (C=O) groups is 1. The monoisotopic (exact) mass is 346 g/mol. The van der Waals surface area contributed by atoms with Crippen LogP contribution in [-0.2, 0) is 4.79 Å². The van der Waals surface area contributed by atoms with Gasteiger partial charge in [-0.2, -0.15) is 9.78 Å². The number of nitrogens with zero attached hydrogens (tertiary/aromatic N) is 5. The van der Waals surface area contributed by atoms with E-state index in [-0.39, 0.29) is 17.7 Å². The molecule has 1 N–H and O–H groups in total. The molecule has 0 unspecified atom stereocenters. The highest BCUT2D eigenvalue weighted by molar-refractivity contribution is 5.94. The summed E-state index contributed by atoms with van der Waals surface area (Å²) in [6.07, 6.45) is 10.1. The number of aromatic nitrogens is 5. The summed E-state index contributed by atoms with van der Waals surface area (Å²) in [4.78, 5) is 25.4. The predicted octanol–water partition coefficient (Wildman–Crippen LogP) is 2.68. The number of hydrogen-bond donors (Lipinski definition) is 1. The zero-order valence-electron chi connectivity index (χ0n) is 14.1. The highest BCUT2D eigenvalue weighted by Gasteiger charge is 2.44. The first-order valence-electron chi connectivity index (χ1n) is 8.88. The van der Waals surface area contributed by atoms with Gasteiger partial charge in [0, 0.05) is 42.7 Å². The molecule has 7 nitrogen and oxygen atoms in total. The lowest BCUT2D eigenvalue weighted by Crippen LogP contribution is -2.18. The van der Waals surface area contributed by atoms with Gasteiger partial charge in [-0.3, -0.25) is 9.78 Å². The van der Waals surface area contributed by atoms with Crippen molar-refractivity contribution in [2.75, 3.05) is 5.32 Å². The highest BCUT2D eigenvalue weighted by Crippen LogP contribution is 2.48. The normalized spacial score (nSPS) is 21.4. The van der Waals surface area contributed by atoms with E-state index in [1.54, 1.807) is 29.3 Å². The van der Waals surface area contributed by atoms with Gasteiger partial charge in [0.1, 0.15) is 5.82 Å². The molecule has 7 heteroatoms. The standard InChI is InChI=1S/C19H18N6O/c26-18(15-9-14(15)13-3-1-6-20-11-13)23-17-10-16(12-4-5-12)24-25(17)19-21-7-2-8-22-19/h1-3,6-8,10-12,14-15H,4-5,9H2,(H,23,26)/t14-,15-/m1/s1. The van der Waals surface area contributed by atoms with Crippen molar-refractivity contribution < 1.29 is 4.79 Å². The van der Waals surface area contributed by atoms with E-state index in [0.717, 1.165) is 30.5 Å². The fourth-order valence-corrected chi connectivity index (χ4v) is 3.29. The molecule has 130 valence electrons. The summed E-state index contributed by atoms with van der Waals surface area (Å²) >= 11 is 0. The minimum atomic E-state index is -0.0244. The second-order valence-corrected chi connectivity index (χ2v) is 6.91. The number of anilines is 1. The van der Waals surface area contributed by atoms with Crippen LogP contribution in [0.15, 0.2) is 49.1 Å². The van der Waals surface area contributed by atoms with Crippen LogP contribution in [-0.4, -0.2) is 30.6 Å². The largest absolute Gasteiger partial charge is 0.310 e.